The Labute approximate surface area is 127 Å². The second kappa shape index (κ2) is 5.57. The summed E-state index contributed by atoms with van der Waals surface area (Å²) in [5.41, 5.74) is 5.69. The predicted molar refractivity (Wildman–Crippen MR) is 80.2 cm³/mol. The molecule has 2 aromatic rings. The molecule has 0 atom stereocenters. The first-order valence-corrected chi connectivity index (χ1v) is 8.67. The number of nitrogen functional groups attached to an aromatic ring is 1. The third-order valence-electron chi connectivity index (χ3n) is 2.73. The molecule has 22 heavy (non-hydrogen) atoms. The Bertz CT molecular complexity index is 922. The van der Waals surface area contributed by atoms with E-state index in [-0.39, 0.29) is 22.0 Å². The van der Waals surface area contributed by atoms with Gasteiger partial charge in [-0.3, -0.25) is 9.11 Å². The van der Waals surface area contributed by atoms with Crippen molar-refractivity contribution in [2.24, 2.45) is 0 Å². The number of anilines is 3. The highest BCUT2D eigenvalue weighted by Gasteiger charge is 2.17. The molecule has 0 aromatic heterocycles. The summed E-state index contributed by atoms with van der Waals surface area (Å²) >= 11 is 0. The van der Waals surface area contributed by atoms with Gasteiger partial charge in [-0.1, -0.05) is 12.1 Å². The molecule has 0 aliphatic heterocycles. The second-order valence-corrected chi connectivity index (χ2v) is 7.10. The van der Waals surface area contributed by atoms with Crippen LogP contribution in [0, 0.1) is 0 Å². The van der Waals surface area contributed by atoms with Crippen molar-refractivity contribution in [3.8, 4) is 0 Å². The zero-order valence-electron chi connectivity index (χ0n) is 11.0. The molecule has 10 heteroatoms. The van der Waals surface area contributed by atoms with E-state index in [0.29, 0.717) is 0 Å². The molecule has 0 aliphatic rings. The normalized spacial score (nSPS) is 12.1. The van der Waals surface area contributed by atoms with Gasteiger partial charge in [0.15, 0.2) is 0 Å². The molecule has 0 spiro atoms. The largest absolute Gasteiger partial charge is 0.398 e. The Hall–Kier alpha value is -2.14. The standard InChI is InChI=1S/C12H12N2O6S2/c13-9-7-8(5-6-11(9)21(15,16)17)14-10-3-1-2-4-12(10)22(18,19)20/h1-7,14H,13H2,(H,15,16,17)(H,18,19,20). The Balaban J connectivity index is 2.44. The molecule has 0 heterocycles. The molecule has 118 valence electrons. The summed E-state index contributed by atoms with van der Waals surface area (Å²) in [6.45, 7) is 0. The molecule has 0 saturated carbocycles. The van der Waals surface area contributed by atoms with E-state index >= 15 is 0 Å². The number of nitrogens with one attached hydrogen (secondary N) is 1. The predicted octanol–water partition coefficient (Wildman–Crippen LogP) is 1.51. The number of rotatable bonds is 4. The van der Waals surface area contributed by atoms with Crippen LogP contribution in [0.4, 0.5) is 17.1 Å². The van der Waals surface area contributed by atoms with Crippen molar-refractivity contribution in [1.29, 1.82) is 0 Å². The number of para-hydroxylation sites is 1. The van der Waals surface area contributed by atoms with E-state index < -0.39 is 25.1 Å². The zero-order valence-corrected chi connectivity index (χ0v) is 12.6. The average Bonchev–Trinajstić information content (AvgIpc) is 2.36. The van der Waals surface area contributed by atoms with Crippen LogP contribution in [0.3, 0.4) is 0 Å². The molecule has 0 bridgehead atoms. The van der Waals surface area contributed by atoms with E-state index in [1.807, 2.05) is 0 Å². The van der Waals surface area contributed by atoms with Crippen LogP contribution in [0.1, 0.15) is 0 Å². The molecule has 0 amide bonds. The van der Waals surface area contributed by atoms with Gasteiger partial charge in [0.1, 0.15) is 9.79 Å². The van der Waals surface area contributed by atoms with E-state index in [9.17, 15) is 16.8 Å². The quantitative estimate of drug-likeness (QED) is 0.482. The average molecular weight is 344 g/mol. The van der Waals surface area contributed by atoms with E-state index in [1.165, 1.54) is 30.3 Å². The molecule has 2 aromatic carbocycles. The molecule has 0 unspecified atom stereocenters. The van der Waals surface area contributed by atoms with Gasteiger partial charge in [-0.05, 0) is 30.3 Å². The lowest BCUT2D eigenvalue weighted by Crippen LogP contribution is -2.05. The summed E-state index contributed by atoms with van der Waals surface area (Å²) in [5.74, 6) is 0. The molecule has 5 N–H and O–H groups in total. The number of hydrogen-bond donors (Lipinski definition) is 4. The molecule has 0 saturated heterocycles. The Morgan fingerprint density at radius 2 is 1.45 bits per heavy atom. The minimum atomic E-state index is -4.44. The molecule has 2 rings (SSSR count). The summed E-state index contributed by atoms with van der Waals surface area (Å²) in [5, 5.41) is 2.70. The SMILES string of the molecule is Nc1cc(Nc2ccccc2S(=O)(=O)O)ccc1S(=O)(=O)O. The number of hydrogen-bond acceptors (Lipinski definition) is 6. The summed E-state index contributed by atoms with van der Waals surface area (Å²) < 4.78 is 62.8. The van der Waals surface area contributed by atoms with Crippen LogP contribution < -0.4 is 11.1 Å². The number of nitrogens with two attached hydrogens (primary N) is 1. The maximum absolute atomic E-state index is 11.3. The third-order valence-corrected chi connectivity index (χ3v) is 4.57. The van der Waals surface area contributed by atoms with Crippen LogP contribution in [-0.4, -0.2) is 25.9 Å². The fourth-order valence-corrected chi connectivity index (χ4v) is 3.06. The second-order valence-electron chi connectivity index (χ2n) is 4.32. The topological polar surface area (TPSA) is 147 Å². The van der Waals surface area contributed by atoms with Crippen molar-refractivity contribution in [1.82, 2.24) is 0 Å². The van der Waals surface area contributed by atoms with Crippen molar-refractivity contribution in [3.63, 3.8) is 0 Å². The van der Waals surface area contributed by atoms with E-state index in [4.69, 9.17) is 14.8 Å². The summed E-state index contributed by atoms with van der Waals surface area (Å²) in [6.07, 6.45) is 0. The summed E-state index contributed by atoms with van der Waals surface area (Å²) in [6, 6.07) is 9.17. The molecule has 0 fully saturated rings. The minimum absolute atomic E-state index is 0.0870. The molecular weight excluding hydrogens is 332 g/mol. The third kappa shape index (κ3) is 3.54. The maximum atomic E-state index is 11.3. The highest BCUT2D eigenvalue weighted by atomic mass is 32.2. The van der Waals surface area contributed by atoms with Crippen molar-refractivity contribution in [3.05, 3.63) is 42.5 Å². The van der Waals surface area contributed by atoms with Gasteiger partial charge in [0, 0.05) is 5.69 Å². The Kier molecular flexibility index (Phi) is 4.11. The first kappa shape index (κ1) is 16.2. The van der Waals surface area contributed by atoms with Gasteiger partial charge >= 0.3 is 0 Å². The van der Waals surface area contributed by atoms with E-state index in [0.717, 1.165) is 6.07 Å². The van der Waals surface area contributed by atoms with Crippen LogP contribution in [0.2, 0.25) is 0 Å². The van der Waals surface area contributed by atoms with Gasteiger partial charge in [0.25, 0.3) is 20.2 Å². The van der Waals surface area contributed by atoms with Crippen molar-refractivity contribution in [2.75, 3.05) is 11.1 Å². The maximum Gasteiger partial charge on any atom is 0.296 e. The van der Waals surface area contributed by atoms with Gasteiger partial charge in [-0.2, -0.15) is 16.8 Å². The van der Waals surface area contributed by atoms with Gasteiger partial charge in [-0.25, -0.2) is 0 Å². The number of benzene rings is 2. The van der Waals surface area contributed by atoms with Crippen LogP contribution in [0.25, 0.3) is 0 Å². The van der Waals surface area contributed by atoms with Crippen LogP contribution >= 0.6 is 0 Å². The monoisotopic (exact) mass is 344 g/mol. The van der Waals surface area contributed by atoms with Gasteiger partial charge in [0.2, 0.25) is 0 Å². The summed E-state index contributed by atoms with van der Waals surface area (Å²) in [7, 11) is -8.87. The smallest absolute Gasteiger partial charge is 0.296 e. The molecule has 0 aliphatic carbocycles. The highest BCUT2D eigenvalue weighted by Crippen LogP contribution is 2.28. The molecular formula is C12H12N2O6S2. The lowest BCUT2D eigenvalue weighted by molar-refractivity contribution is 0.481. The van der Waals surface area contributed by atoms with Gasteiger partial charge < -0.3 is 11.1 Å². The summed E-state index contributed by atoms with van der Waals surface area (Å²) in [4.78, 5) is -0.798. The van der Waals surface area contributed by atoms with Crippen molar-refractivity contribution in [2.45, 2.75) is 9.79 Å². The minimum Gasteiger partial charge on any atom is -0.398 e. The van der Waals surface area contributed by atoms with Crippen LogP contribution in [-0.2, 0) is 20.2 Å². The lowest BCUT2D eigenvalue weighted by atomic mass is 10.2. The Morgan fingerprint density at radius 3 is 2.00 bits per heavy atom. The lowest BCUT2D eigenvalue weighted by Gasteiger charge is -2.11. The van der Waals surface area contributed by atoms with Gasteiger partial charge in [-0.15, -0.1) is 0 Å². The Morgan fingerprint density at radius 1 is 0.864 bits per heavy atom. The van der Waals surface area contributed by atoms with Crippen molar-refractivity contribution >= 4 is 37.3 Å². The highest BCUT2D eigenvalue weighted by molar-refractivity contribution is 7.86. The first-order valence-electron chi connectivity index (χ1n) is 5.79. The zero-order chi connectivity index (χ0) is 16.5. The van der Waals surface area contributed by atoms with Crippen LogP contribution in [0.15, 0.2) is 52.3 Å². The first-order chi connectivity index (χ1) is 10.1. The van der Waals surface area contributed by atoms with E-state index in [2.05, 4.69) is 5.32 Å². The van der Waals surface area contributed by atoms with E-state index in [1.54, 1.807) is 6.07 Å². The fraction of sp³-hybridized carbons (Fsp3) is 0. The molecule has 0 radical (unpaired) electrons. The van der Waals surface area contributed by atoms with Crippen LogP contribution in [0.5, 0.6) is 0 Å². The van der Waals surface area contributed by atoms with Gasteiger partial charge in [0.05, 0.1) is 11.4 Å². The van der Waals surface area contributed by atoms with Crippen molar-refractivity contribution < 1.29 is 25.9 Å². The fourth-order valence-electron chi connectivity index (χ4n) is 1.81. The molecule has 8 nitrogen and oxygen atoms in total.